The van der Waals surface area contributed by atoms with E-state index >= 15 is 0 Å². The van der Waals surface area contributed by atoms with Crippen LogP contribution in [-0.4, -0.2) is 22.1 Å². The van der Waals surface area contributed by atoms with E-state index in [0.29, 0.717) is 5.56 Å². The number of methoxy groups -OCH3 is 1. The summed E-state index contributed by atoms with van der Waals surface area (Å²) in [4.78, 5) is -0.179. The minimum absolute atomic E-state index is 0.0984. The zero-order chi connectivity index (χ0) is 16.2. The van der Waals surface area contributed by atoms with E-state index in [2.05, 4.69) is 4.72 Å². The topological polar surface area (TPSA) is 55.4 Å². The van der Waals surface area contributed by atoms with Crippen LogP contribution in [0, 0.1) is 11.6 Å². The summed E-state index contributed by atoms with van der Waals surface area (Å²) in [7, 11) is -2.47. The van der Waals surface area contributed by atoms with Gasteiger partial charge in [-0.1, -0.05) is 18.2 Å². The number of rotatable bonds is 6. The number of hydrogen-bond acceptors (Lipinski definition) is 3. The Bertz CT molecular complexity index is 750. The number of hydrogen-bond donors (Lipinski definition) is 1. The molecule has 1 N–H and O–H groups in total. The van der Waals surface area contributed by atoms with Gasteiger partial charge in [-0.2, -0.15) is 0 Å². The van der Waals surface area contributed by atoms with Gasteiger partial charge in [0.15, 0.2) is 0 Å². The molecule has 22 heavy (non-hydrogen) atoms. The molecule has 4 nitrogen and oxygen atoms in total. The van der Waals surface area contributed by atoms with Gasteiger partial charge >= 0.3 is 0 Å². The summed E-state index contributed by atoms with van der Waals surface area (Å²) in [6, 6.07) is 10.4. The van der Waals surface area contributed by atoms with Crippen LogP contribution in [0.1, 0.15) is 11.7 Å². The highest BCUT2D eigenvalue weighted by Gasteiger charge is 2.18. The van der Waals surface area contributed by atoms with Gasteiger partial charge in [0.1, 0.15) is 11.6 Å². The fourth-order valence-electron chi connectivity index (χ4n) is 1.95. The third-order valence-electron chi connectivity index (χ3n) is 3.07. The molecule has 1 atom stereocenters. The van der Waals surface area contributed by atoms with E-state index in [4.69, 9.17) is 4.74 Å². The number of nitrogens with one attached hydrogen (secondary N) is 1. The van der Waals surface area contributed by atoms with Gasteiger partial charge < -0.3 is 4.74 Å². The zero-order valence-corrected chi connectivity index (χ0v) is 12.6. The maximum atomic E-state index is 13.2. The van der Waals surface area contributed by atoms with Crippen LogP contribution in [0.5, 0.6) is 0 Å². The van der Waals surface area contributed by atoms with E-state index in [-0.39, 0.29) is 11.4 Å². The normalized spacial score (nSPS) is 13.0. The maximum Gasteiger partial charge on any atom is 0.240 e. The Morgan fingerprint density at radius 3 is 2.32 bits per heavy atom. The first-order valence-corrected chi connectivity index (χ1v) is 7.94. The average molecular weight is 327 g/mol. The third-order valence-corrected chi connectivity index (χ3v) is 4.49. The van der Waals surface area contributed by atoms with Crippen molar-refractivity contribution in [1.29, 1.82) is 0 Å². The van der Waals surface area contributed by atoms with Crippen molar-refractivity contribution in [2.75, 3.05) is 13.7 Å². The number of sulfonamides is 1. The minimum atomic E-state index is -3.87. The second kappa shape index (κ2) is 6.95. The maximum absolute atomic E-state index is 13.2. The molecule has 1 unspecified atom stereocenters. The van der Waals surface area contributed by atoms with E-state index < -0.39 is 27.8 Å². The van der Waals surface area contributed by atoms with E-state index in [0.717, 1.165) is 12.1 Å². The molecule has 0 aliphatic carbocycles. The summed E-state index contributed by atoms with van der Waals surface area (Å²) in [6.45, 7) is -0.0984. The summed E-state index contributed by atoms with van der Waals surface area (Å²) in [5.74, 6) is -1.08. The number of benzene rings is 2. The summed E-state index contributed by atoms with van der Waals surface area (Å²) < 4.78 is 58.0. The molecule has 118 valence electrons. The second-order valence-corrected chi connectivity index (χ2v) is 6.36. The molecule has 2 rings (SSSR count). The van der Waals surface area contributed by atoms with Crippen LogP contribution in [0.4, 0.5) is 8.78 Å². The van der Waals surface area contributed by atoms with Gasteiger partial charge in [-0.15, -0.1) is 0 Å². The first kappa shape index (κ1) is 16.5. The lowest BCUT2D eigenvalue weighted by Gasteiger charge is -2.16. The molecule has 0 aromatic heterocycles. The molecule has 7 heteroatoms. The number of halogens is 2. The Morgan fingerprint density at radius 1 is 1.09 bits per heavy atom. The van der Waals surface area contributed by atoms with Crippen LogP contribution in [0.15, 0.2) is 53.4 Å². The minimum Gasteiger partial charge on any atom is -0.375 e. The van der Waals surface area contributed by atoms with Crippen LogP contribution in [0.25, 0.3) is 0 Å². The van der Waals surface area contributed by atoms with Gasteiger partial charge in [-0.05, 0) is 35.9 Å². The second-order valence-electron chi connectivity index (χ2n) is 4.59. The Hall–Kier alpha value is -1.83. The van der Waals surface area contributed by atoms with Crippen molar-refractivity contribution >= 4 is 10.0 Å². The number of ether oxygens (including phenoxy) is 1. The fourth-order valence-corrected chi connectivity index (χ4v) is 3.01. The fraction of sp³-hybridized carbons (Fsp3) is 0.200. The molecule has 0 bridgehead atoms. The van der Waals surface area contributed by atoms with E-state index in [1.807, 2.05) is 0 Å². The van der Waals surface area contributed by atoms with Crippen LogP contribution in [-0.2, 0) is 14.8 Å². The first-order valence-electron chi connectivity index (χ1n) is 6.46. The lowest BCUT2D eigenvalue weighted by molar-refractivity contribution is 0.107. The Morgan fingerprint density at radius 2 is 1.73 bits per heavy atom. The predicted molar refractivity (Wildman–Crippen MR) is 77.7 cm³/mol. The summed E-state index contributed by atoms with van der Waals surface area (Å²) in [5, 5.41) is 0. The third kappa shape index (κ3) is 4.09. The van der Waals surface area contributed by atoms with Gasteiger partial charge in [0.05, 0.1) is 11.0 Å². The zero-order valence-electron chi connectivity index (χ0n) is 11.8. The van der Waals surface area contributed by atoms with Crippen molar-refractivity contribution < 1.29 is 21.9 Å². The van der Waals surface area contributed by atoms with Crippen molar-refractivity contribution in [1.82, 2.24) is 4.72 Å². The quantitative estimate of drug-likeness (QED) is 0.887. The van der Waals surface area contributed by atoms with Crippen LogP contribution in [0.2, 0.25) is 0 Å². The molecule has 0 aliphatic heterocycles. The lowest BCUT2D eigenvalue weighted by atomic mass is 10.1. The molecular formula is C15H15F2NO3S. The van der Waals surface area contributed by atoms with E-state index in [1.54, 1.807) is 6.07 Å². The molecule has 0 spiro atoms. The highest BCUT2D eigenvalue weighted by Crippen LogP contribution is 2.18. The van der Waals surface area contributed by atoms with E-state index in [9.17, 15) is 17.2 Å². The molecule has 2 aromatic rings. The average Bonchev–Trinajstić information content (AvgIpc) is 2.48. The molecule has 0 saturated carbocycles. The molecule has 2 aromatic carbocycles. The molecule has 0 saturated heterocycles. The summed E-state index contributed by atoms with van der Waals surface area (Å²) in [5.41, 5.74) is 0.504. The van der Waals surface area contributed by atoms with Crippen LogP contribution in [0.3, 0.4) is 0 Å². The molecule has 0 fully saturated rings. The summed E-state index contributed by atoms with van der Waals surface area (Å²) >= 11 is 0. The van der Waals surface area contributed by atoms with Gasteiger partial charge in [0, 0.05) is 13.7 Å². The Kier molecular flexibility index (Phi) is 5.23. The van der Waals surface area contributed by atoms with Crippen molar-refractivity contribution in [3.8, 4) is 0 Å². The highest BCUT2D eigenvalue weighted by atomic mass is 32.2. The van der Waals surface area contributed by atoms with Gasteiger partial charge in [-0.3, -0.25) is 0 Å². The molecule has 0 aliphatic rings. The smallest absolute Gasteiger partial charge is 0.240 e. The Balaban J connectivity index is 2.13. The largest absolute Gasteiger partial charge is 0.375 e. The van der Waals surface area contributed by atoms with Crippen molar-refractivity contribution in [3.05, 3.63) is 65.7 Å². The molecule has 0 amide bonds. The highest BCUT2D eigenvalue weighted by molar-refractivity contribution is 7.89. The standard InChI is InChI=1S/C15H15F2NO3S/c1-21-15(11-4-2-5-12(16)8-11)10-18-22(19,20)14-7-3-6-13(17)9-14/h2-9,15,18H,10H2,1H3. The van der Waals surface area contributed by atoms with Gasteiger partial charge in [0.25, 0.3) is 0 Å². The first-order chi connectivity index (χ1) is 10.4. The lowest BCUT2D eigenvalue weighted by Crippen LogP contribution is -2.29. The Labute approximate surface area is 127 Å². The van der Waals surface area contributed by atoms with Crippen LogP contribution >= 0.6 is 0 Å². The van der Waals surface area contributed by atoms with Crippen molar-refractivity contribution in [2.24, 2.45) is 0 Å². The molecular weight excluding hydrogens is 312 g/mol. The SMILES string of the molecule is COC(CNS(=O)(=O)c1cccc(F)c1)c1cccc(F)c1. The van der Waals surface area contributed by atoms with Crippen molar-refractivity contribution in [2.45, 2.75) is 11.0 Å². The van der Waals surface area contributed by atoms with E-state index in [1.165, 1.54) is 37.4 Å². The van der Waals surface area contributed by atoms with Crippen molar-refractivity contribution in [3.63, 3.8) is 0 Å². The molecule has 0 heterocycles. The monoisotopic (exact) mass is 327 g/mol. The van der Waals surface area contributed by atoms with Gasteiger partial charge in [-0.25, -0.2) is 21.9 Å². The van der Waals surface area contributed by atoms with Gasteiger partial charge in [0.2, 0.25) is 10.0 Å². The summed E-state index contributed by atoms with van der Waals surface area (Å²) in [6.07, 6.45) is -0.654. The van der Waals surface area contributed by atoms with Crippen LogP contribution < -0.4 is 4.72 Å². The predicted octanol–water partition coefficient (Wildman–Crippen LogP) is 2.63. The molecule has 0 radical (unpaired) electrons.